The van der Waals surface area contributed by atoms with E-state index in [-0.39, 0.29) is 18.4 Å². The number of rotatable bonds is 8. The smallest absolute Gasteiger partial charge is 0.241 e. The molecule has 0 bridgehead atoms. The summed E-state index contributed by atoms with van der Waals surface area (Å²) >= 11 is 0. The number of nitrogens with zero attached hydrogens (tertiary/aromatic N) is 1. The molecular formula is C11H23N3O3. The third kappa shape index (κ3) is 6.23. The first-order valence-corrected chi connectivity index (χ1v) is 5.86. The van der Waals surface area contributed by atoms with Gasteiger partial charge in [0.15, 0.2) is 0 Å². The molecule has 6 heteroatoms. The van der Waals surface area contributed by atoms with Crippen molar-refractivity contribution < 1.29 is 14.3 Å². The van der Waals surface area contributed by atoms with Crippen molar-refractivity contribution in [3.63, 3.8) is 0 Å². The minimum atomic E-state index is -0.626. The minimum Gasteiger partial charge on any atom is -0.385 e. The van der Waals surface area contributed by atoms with Crippen LogP contribution in [0.25, 0.3) is 0 Å². The van der Waals surface area contributed by atoms with Crippen LogP contribution < -0.4 is 11.1 Å². The summed E-state index contributed by atoms with van der Waals surface area (Å²) < 4.78 is 4.83. The van der Waals surface area contributed by atoms with Gasteiger partial charge >= 0.3 is 0 Å². The van der Waals surface area contributed by atoms with E-state index in [0.29, 0.717) is 26.1 Å². The lowest BCUT2D eigenvalue weighted by atomic mass is 10.2. The molecule has 1 unspecified atom stereocenters. The van der Waals surface area contributed by atoms with Crippen molar-refractivity contribution in [2.24, 2.45) is 5.73 Å². The second-order valence-corrected chi connectivity index (χ2v) is 3.67. The highest BCUT2D eigenvalue weighted by molar-refractivity contribution is 5.87. The fraction of sp³-hybridized carbons (Fsp3) is 0.818. The van der Waals surface area contributed by atoms with Crippen LogP contribution in [0.4, 0.5) is 0 Å². The number of amides is 2. The highest BCUT2D eigenvalue weighted by atomic mass is 16.5. The predicted molar refractivity (Wildman–Crippen MR) is 65.4 cm³/mol. The maximum atomic E-state index is 11.6. The molecule has 17 heavy (non-hydrogen) atoms. The molecule has 0 aromatic carbocycles. The predicted octanol–water partition coefficient (Wildman–Crippen LogP) is -0.665. The zero-order valence-electron chi connectivity index (χ0n) is 10.9. The van der Waals surface area contributed by atoms with Crippen LogP contribution in [0.2, 0.25) is 0 Å². The molecule has 0 aliphatic rings. The van der Waals surface area contributed by atoms with Gasteiger partial charge in [-0.1, -0.05) is 0 Å². The Hall–Kier alpha value is -1.14. The van der Waals surface area contributed by atoms with Gasteiger partial charge in [0, 0.05) is 26.8 Å². The summed E-state index contributed by atoms with van der Waals surface area (Å²) in [4.78, 5) is 24.7. The molecule has 2 amide bonds. The van der Waals surface area contributed by atoms with Crippen LogP contribution >= 0.6 is 0 Å². The van der Waals surface area contributed by atoms with Crippen molar-refractivity contribution in [2.75, 3.05) is 33.4 Å². The van der Waals surface area contributed by atoms with Crippen molar-refractivity contribution in [1.29, 1.82) is 0 Å². The summed E-state index contributed by atoms with van der Waals surface area (Å²) in [6.45, 7) is 5.50. The molecule has 0 aliphatic heterocycles. The number of nitrogens with two attached hydrogens (primary N) is 1. The topological polar surface area (TPSA) is 84.7 Å². The molecule has 6 nitrogen and oxygen atoms in total. The highest BCUT2D eigenvalue weighted by Gasteiger charge is 2.15. The van der Waals surface area contributed by atoms with Crippen LogP contribution in [0.1, 0.15) is 20.3 Å². The van der Waals surface area contributed by atoms with E-state index in [4.69, 9.17) is 10.5 Å². The fourth-order valence-electron chi connectivity index (χ4n) is 1.36. The standard InChI is InChI=1S/C11H23N3O3/c1-4-14(5-2)10(15)8-13-11(16)9(12)6-7-17-3/h9H,4-8,12H2,1-3H3,(H,13,16). The number of hydrogen-bond donors (Lipinski definition) is 2. The maximum absolute atomic E-state index is 11.6. The van der Waals surface area contributed by atoms with Crippen LogP contribution in [0.15, 0.2) is 0 Å². The number of likely N-dealkylation sites (N-methyl/N-ethyl adjacent to an activating group) is 1. The van der Waals surface area contributed by atoms with Crippen molar-refractivity contribution in [3.8, 4) is 0 Å². The molecule has 0 aromatic rings. The van der Waals surface area contributed by atoms with E-state index in [1.54, 1.807) is 12.0 Å². The van der Waals surface area contributed by atoms with Gasteiger partial charge in [0.25, 0.3) is 0 Å². The van der Waals surface area contributed by atoms with Crippen LogP contribution in [0, 0.1) is 0 Å². The largest absolute Gasteiger partial charge is 0.385 e. The summed E-state index contributed by atoms with van der Waals surface area (Å²) in [5, 5.41) is 2.53. The molecule has 0 spiro atoms. The van der Waals surface area contributed by atoms with Gasteiger partial charge in [-0.25, -0.2) is 0 Å². The quantitative estimate of drug-likeness (QED) is 0.594. The maximum Gasteiger partial charge on any atom is 0.241 e. The normalized spacial score (nSPS) is 12.0. The molecule has 0 saturated carbocycles. The number of methoxy groups -OCH3 is 1. The lowest BCUT2D eigenvalue weighted by Crippen LogP contribution is -2.46. The molecule has 0 aromatic heterocycles. The number of carbonyl (C=O) groups is 2. The Bertz CT molecular complexity index is 242. The van der Waals surface area contributed by atoms with Crippen LogP contribution in [0.5, 0.6) is 0 Å². The summed E-state index contributed by atoms with van der Waals surface area (Å²) in [7, 11) is 1.55. The Labute approximate surface area is 102 Å². The van der Waals surface area contributed by atoms with Gasteiger partial charge in [0.2, 0.25) is 11.8 Å². The Balaban J connectivity index is 3.94. The number of nitrogens with one attached hydrogen (secondary N) is 1. The van der Waals surface area contributed by atoms with Gasteiger partial charge in [0.1, 0.15) is 0 Å². The first kappa shape index (κ1) is 15.9. The molecule has 0 heterocycles. The summed E-state index contributed by atoms with van der Waals surface area (Å²) in [5.74, 6) is -0.412. The number of hydrogen-bond acceptors (Lipinski definition) is 4. The van der Waals surface area contributed by atoms with Gasteiger partial charge in [-0.05, 0) is 20.3 Å². The zero-order chi connectivity index (χ0) is 13.3. The van der Waals surface area contributed by atoms with Crippen LogP contribution in [0.3, 0.4) is 0 Å². The molecular weight excluding hydrogens is 222 g/mol. The molecule has 0 rings (SSSR count). The van der Waals surface area contributed by atoms with E-state index in [1.165, 1.54) is 0 Å². The van der Waals surface area contributed by atoms with Gasteiger partial charge in [0.05, 0.1) is 12.6 Å². The first-order valence-electron chi connectivity index (χ1n) is 5.86. The Morgan fingerprint density at radius 2 is 1.94 bits per heavy atom. The second-order valence-electron chi connectivity index (χ2n) is 3.67. The monoisotopic (exact) mass is 245 g/mol. The summed E-state index contributed by atoms with van der Waals surface area (Å²) in [6.07, 6.45) is 0.446. The molecule has 0 fully saturated rings. The van der Waals surface area contributed by atoms with E-state index in [0.717, 1.165) is 0 Å². The lowest BCUT2D eigenvalue weighted by molar-refractivity contribution is -0.132. The Morgan fingerprint density at radius 1 is 1.35 bits per heavy atom. The third-order valence-electron chi connectivity index (χ3n) is 2.50. The minimum absolute atomic E-state index is 0.00119. The number of carbonyl (C=O) groups excluding carboxylic acids is 2. The molecule has 0 aliphatic carbocycles. The Morgan fingerprint density at radius 3 is 2.41 bits per heavy atom. The Kier molecular flexibility index (Phi) is 8.35. The highest BCUT2D eigenvalue weighted by Crippen LogP contribution is 1.91. The molecule has 0 radical (unpaired) electrons. The third-order valence-corrected chi connectivity index (χ3v) is 2.50. The van der Waals surface area contributed by atoms with E-state index in [1.807, 2.05) is 13.8 Å². The summed E-state index contributed by atoms with van der Waals surface area (Å²) in [6, 6.07) is -0.626. The fourth-order valence-corrected chi connectivity index (χ4v) is 1.36. The average Bonchev–Trinajstić information content (AvgIpc) is 2.34. The van der Waals surface area contributed by atoms with Gasteiger partial charge in [-0.2, -0.15) is 0 Å². The molecule has 3 N–H and O–H groups in total. The van der Waals surface area contributed by atoms with E-state index in [9.17, 15) is 9.59 Å². The van der Waals surface area contributed by atoms with Crippen molar-refractivity contribution in [3.05, 3.63) is 0 Å². The summed E-state index contributed by atoms with van der Waals surface area (Å²) in [5.41, 5.74) is 5.61. The number of ether oxygens (including phenoxy) is 1. The SMILES string of the molecule is CCN(CC)C(=O)CNC(=O)C(N)CCOC. The van der Waals surface area contributed by atoms with Gasteiger partial charge < -0.3 is 20.7 Å². The molecule has 100 valence electrons. The van der Waals surface area contributed by atoms with Gasteiger partial charge in [-0.15, -0.1) is 0 Å². The van der Waals surface area contributed by atoms with Crippen molar-refractivity contribution in [2.45, 2.75) is 26.3 Å². The second kappa shape index (κ2) is 8.95. The van der Waals surface area contributed by atoms with Crippen molar-refractivity contribution in [1.82, 2.24) is 10.2 Å². The lowest BCUT2D eigenvalue weighted by Gasteiger charge is -2.19. The molecule has 0 saturated heterocycles. The first-order chi connectivity index (χ1) is 8.06. The average molecular weight is 245 g/mol. The van der Waals surface area contributed by atoms with Crippen molar-refractivity contribution >= 4 is 11.8 Å². The van der Waals surface area contributed by atoms with E-state index >= 15 is 0 Å². The van der Waals surface area contributed by atoms with E-state index in [2.05, 4.69) is 5.32 Å². The van der Waals surface area contributed by atoms with Crippen LogP contribution in [-0.2, 0) is 14.3 Å². The zero-order valence-corrected chi connectivity index (χ0v) is 10.9. The molecule has 1 atom stereocenters. The van der Waals surface area contributed by atoms with Crippen LogP contribution in [-0.4, -0.2) is 56.1 Å². The van der Waals surface area contributed by atoms with Gasteiger partial charge in [-0.3, -0.25) is 9.59 Å². The van der Waals surface area contributed by atoms with E-state index < -0.39 is 6.04 Å².